The summed E-state index contributed by atoms with van der Waals surface area (Å²) in [5, 5.41) is 3.34. The zero-order chi connectivity index (χ0) is 21.5. The monoisotopic (exact) mass is 537 g/mol. The highest BCUT2D eigenvalue weighted by Crippen LogP contribution is 2.27. The molecule has 2 aliphatic rings. The van der Waals surface area contributed by atoms with Crippen LogP contribution in [-0.4, -0.2) is 67.4 Å². The van der Waals surface area contributed by atoms with Crippen molar-refractivity contribution >= 4 is 40.0 Å². The van der Waals surface area contributed by atoms with Crippen LogP contribution in [0.25, 0.3) is 0 Å². The van der Waals surface area contributed by atoms with Gasteiger partial charge in [0.05, 0.1) is 10.2 Å². The van der Waals surface area contributed by atoms with Crippen LogP contribution >= 0.6 is 22.6 Å². The first-order valence-corrected chi connectivity index (χ1v) is 12.3. The minimum absolute atomic E-state index is 0.454. The second-order valence-electron chi connectivity index (χ2n) is 8.21. The van der Waals surface area contributed by atoms with Crippen LogP contribution in [0, 0.1) is 3.57 Å². The number of likely N-dealkylation sites (tertiary alicyclic amines) is 1. The van der Waals surface area contributed by atoms with Crippen LogP contribution in [0.5, 0.6) is 5.75 Å². The number of anilines is 3. The lowest BCUT2D eigenvalue weighted by molar-refractivity contribution is 0.0853. The Balaban J connectivity index is 1.34. The summed E-state index contributed by atoms with van der Waals surface area (Å²) < 4.78 is 12.7. The maximum atomic E-state index is 6.08. The van der Waals surface area contributed by atoms with E-state index in [9.17, 15) is 0 Å². The van der Waals surface area contributed by atoms with Gasteiger partial charge in [-0.05, 0) is 86.0 Å². The van der Waals surface area contributed by atoms with E-state index in [1.807, 2.05) is 24.4 Å². The molecule has 7 nitrogen and oxygen atoms in total. The lowest BCUT2D eigenvalue weighted by Crippen LogP contribution is -2.37. The molecular weight excluding hydrogens is 505 g/mol. The van der Waals surface area contributed by atoms with Crippen molar-refractivity contribution in [2.24, 2.45) is 0 Å². The zero-order valence-corrected chi connectivity index (χ0v) is 20.4. The van der Waals surface area contributed by atoms with Gasteiger partial charge in [-0.2, -0.15) is 4.98 Å². The number of nitrogens with one attached hydrogen (secondary N) is 1. The second-order valence-corrected chi connectivity index (χ2v) is 9.38. The number of hydrogen-bond acceptors (Lipinski definition) is 7. The summed E-state index contributed by atoms with van der Waals surface area (Å²) in [6, 6.07) is 8.56. The van der Waals surface area contributed by atoms with Gasteiger partial charge in [-0.1, -0.05) is 0 Å². The van der Waals surface area contributed by atoms with E-state index in [0.29, 0.717) is 12.0 Å². The summed E-state index contributed by atoms with van der Waals surface area (Å²) in [6.45, 7) is 5.95. The Kier molecular flexibility index (Phi) is 8.21. The Morgan fingerprint density at radius 3 is 2.84 bits per heavy atom. The largest absolute Gasteiger partial charge is 0.492 e. The van der Waals surface area contributed by atoms with Gasteiger partial charge in [0.15, 0.2) is 0 Å². The summed E-state index contributed by atoms with van der Waals surface area (Å²) in [6.07, 6.45) is 7.58. The highest BCUT2D eigenvalue weighted by molar-refractivity contribution is 14.1. The first-order chi connectivity index (χ1) is 15.2. The molecule has 168 valence electrons. The van der Waals surface area contributed by atoms with Crippen LogP contribution in [0.3, 0.4) is 0 Å². The van der Waals surface area contributed by atoms with Crippen LogP contribution in [0.15, 0.2) is 30.5 Å². The number of ether oxygens (including phenoxy) is 2. The molecule has 0 atom stereocenters. The Labute approximate surface area is 198 Å². The molecule has 0 radical (unpaired) electrons. The van der Waals surface area contributed by atoms with E-state index in [0.717, 1.165) is 66.5 Å². The van der Waals surface area contributed by atoms with Crippen molar-refractivity contribution in [3.8, 4) is 5.75 Å². The lowest BCUT2D eigenvalue weighted by atomic mass is 10.1. The molecule has 31 heavy (non-hydrogen) atoms. The minimum Gasteiger partial charge on any atom is -0.492 e. The van der Waals surface area contributed by atoms with Crippen LogP contribution in [-0.2, 0) is 4.74 Å². The van der Waals surface area contributed by atoms with Crippen LogP contribution in [0.1, 0.15) is 32.1 Å². The topological polar surface area (TPSA) is 62.8 Å². The zero-order valence-electron chi connectivity index (χ0n) is 18.2. The van der Waals surface area contributed by atoms with Gasteiger partial charge in [-0.25, -0.2) is 4.98 Å². The van der Waals surface area contributed by atoms with E-state index in [1.165, 1.54) is 25.9 Å². The van der Waals surface area contributed by atoms with Gasteiger partial charge in [0, 0.05) is 50.8 Å². The van der Waals surface area contributed by atoms with Crippen molar-refractivity contribution in [3.63, 3.8) is 0 Å². The number of rotatable bonds is 9. The predicted octanol–water partition coefficient (Wildman–Crippen LogP) is 4.30. The van der Waals surface area contributed by atoms with Gasteiger partial charge in [-0.15, -0.1) is 0 Å². The van der Waals surface area contributed by atoms with E-state index in [2.05, 4.69) is 55.8 Å². The third-order valence-electron chi connectivity index (χ3n) is 6.00. The fourth-order valence-corrected chi connectivity index (χ4v) is 4.65. The molecular formula is C23H32IN5O2. The smallest absolute Gasteiger partial charge is 0.229 e. The highest BCUT2D eigenvalue weighted by Gasteiger charge is 2.20. The molecule has 8 heteroatoms. The molecule has 2 saturated heterocycles. The average Bonchev–Trinajstić information content (AvgIpc) is 3.32. The summed E-state index contributed by atoms with van der Waals surface area (Å²) in [5.74, 6) is 2.42. The summed E-state index contributed by atoms with van der Waals surface area (Å²) in [5.41, 5.74) is 0.931. The Bertz CT molecular complexity index is 840. The standard InChI is InChI=1S/C23H32IN5O2/c1-28(19-8-15-30-16-9-19)22-7-10-25-23(27-22)26-18-5-6-20(24)21(17-18)31-14-4-13-29-11-2-3-12-29/h5-7,10,17,19H,2-4,8-9,11-16H2,1H3,(H,25,26,27). The normalized spacial score (nSPS) is 17.6. The van der Waals surface area contributed by atoms with Gasteiger partial charge in [0.2, 0.25) is 5.95 Å². The molecule has 2 fully saturated rings. The fraction of sp³-hybridized carbons (Fsp3) is 0.565. The molecule has 0 spiro atoms. The van der Waals surface area contributed by atoms with E-state index in [1.54, 1.807) is 0 Å². The molecule has 2 aliphatic heterocycles. The second kappa shape index (κ2) is 11.3. The van der Waals surface area contributed by atoms with Gasteiger partial charge in [0.25, 0.3) is 0 Å². The van der Waals surface area contributed by atoms with E-state index in [4.69, 9.17) is 14.5 Å². The number of halogens is 1. The first kappa shape index (κ1) is 22.5. The molecule has 0 unspecified atom stereocenters. The Hall–Kier alpha value is -1.65. The number of aromatic nitrogens is 2. The first-order valence-electron chi connectivity index (χ1n) is 11.2. The van der Waals surface area contributed by atoms with Crippen molar-refractivity contribution in [3.05, 3.63) is 34.0 Å². The fourth-order valence-electron chi connectivity index (χ4n) is 4.16. The SMILES string of the molecule is CN(c1ccnc(Nc2ccc(I)c(OCCCN3CCCC3)c2)n1)C1CCOCC1. The summed E-state index contributed by atoms with van der Waals surface area (Å²) in [7, 11) is 2.10. The van der Waals surface area contributed by atoms with Gasteiger partial charge in [-0.3, -0.25) is 0 Å². The quantitative estimate of drug-likeness (QED) is 0.378. The van der Waals surface area contributed by atoms with E-state index in [-0.39, 0.29) is 0 Å². The average molecular weight is 537 g/mol. The summed E-state index contributed by atoms with van der Waals surface area (Å²) >= 11 is 2.33. The van der Waals surface area contributed by atoms with Crippen molar-refractivity contribution in [1.29, 1.82) is 0 Å². The van der Waals surface area contributed by atoms with Crippen LogP contribution in [0.2, 0.25) is 0 Å². The molecule has 3 heterocycles. The van der Waals surface area contributed by atoms with Crippen LogP contribution < -0.4 is 15.0 Å². The molecule has 0 amide bonds. The van der Waals surface area contributed by atoms with Gasteiger partial charge < -0.3 is 24.6 Å². The number of hydrogen-bond donors (Lipinski definition) is 1. The molecule has 4 rings (SSSR count). The molecule has 1 aromatic carbocycles. The van der Waals surface area contributed by atoms with Crippen molar-refractivity contribution in [2.75, 3.05) is 56.7 Å². The molecule has 0 aliphatic carbocycles. The maximum absolute atomic E-state index is 6.08. The molecule has 2 aromatic rings. The van der Waals surface area contributed by atoms with Gasteiger partial charge >= 0.3 is 0 Å². The molecule has 0 bridgehead atoms. The number of nitrogens with zero attached hydrogens (tertiary/aromatic N) is 4. The number of benzene rings is 1. The molecule has 1 N–H and O–H groups in total. The third kappa shape index (κ3) is 6.43. The molecule has 1 aromatic heterocycles. The molecule has 0 saturated carbocycles. The third-order valence-corrected chi connectivity index (χ3v) is 6.89. The maximum Gasteiger partial charge on any atom is 0.229 e. The lowest BCUT2D eigenvalue weighted by Gasteiger charge is -2.32. The van der Waals surface area contributed by atoms with E-state index >= 15 is 0 Å². The Morgan fingerprint density at radius 2 is 2.03 bits per heavy atom. The highest BCUT2D eigenvalue weighted by atomic mass is 127. The van der Waals surface area contributed by atoms with E-state index < -0.39 is 0 Å². The van der Waals surface area contributed by atoms with Crippen LogP contribution in [0.4, 0.5) is 17.5 Å². The summed E-state index contributed by atoms with van der Waals surface area (Å²) in [4.78, 5) is 13.9. The van der Waals surface area contributed by atoms with Crippen molar-refractivity contribution in [2.45, 2.75) is 38.1 Å². The predicted molar refractivity (Wildman–Crippen MR) is 133 cm³/mol. The van der Waals surface area contributed by atoms with Gasteiger partial charge in [0.1, 0.15) is 11.6 Å². The van der Waals surface area contributed by atoms with Crippen molar-refractivity contribution in [1.82, 2.24) is 14.9 Å². The van der Waals surface area contributed by atoms with Crippen molar-refractivity contribution < 1.29 is 9.47 Å². The minimum atomic E-state index is 0.454. The Morgan fingerprint density at radius 1 is 1.23 bits per heavy atom.